The van der Waals surface area contributed by atoms with Crippen LogP contribution in [0.3, 0.4) is 0 Å². The zero-order chi connectivity index (χ0) is 16.1. The summed E-state index contributed by atoms with van der Waals surface area (Å²) in [4.78, 5) is 11.0. The van der Waals surface area contributed by atoms with Crippen LogP contribution in [-0.2, 0) is 0 Å². The lowest BCUT2D eigenvalue weighted by molar-refractivity contribution is 0.0693. The first-order valence-corrected chi connectivity index (χ1v) is 6.51. The number of carbonyl (C=O) groups is 1. The fourth-order valence-electron chi connectivity index (χ4n) is 1.98. The predicted octanol–water partition coefficient (Wildman–Crippen LogP) is 3.28. The third kappa shape index (κ3) is 3.38. The van der Waals surface area contributed by atoms with Gasteiger partial charge in [0.05, 0.1) is 14.2 Å². The number of phenols is 1. The second-order valence-electron chi connectivity index (χ2n) is 4.52. The minimum absolute atomic E-state index is 0.139. The molecule has 0 radical (unpaired) electrons. The number of hydrogen-bond donors (Lipinski definition) is 2. The molecule has 2 rings (SSSR count). The van der Waals surface area contributed by atoms with E-state index >= 15 is 0 Å². The van der Waals surface area contributed by atoms with Gasteiger partial charge < -0.3 is 19.7 Å². The van der Waals surface area contributed by atoms with E-state index in [1.54, 1.807) is 44.6 Å². The molecule has 0 heterocycles. The quantitative estimate of drug-likeness (QED) is 0.829. The summed E-state index contributed by atoms with van der Waals surface area (Å²) >= 11 is 0. The first-order chi connectivity index (χ1) is 10.5. The van der Waals surface area contributed by atoms with Gasteiger partial charge in [-0.15, -0.1) is 0 Å². The topological polar surface area (TPSA) is 76.0 Å². The van der Waals surface area contributed by atoms with Crippen LogP contribution in [0.5, 0.6) is 17.2 Å². The van der Waals surface area contributed by atoms with Gasteiger partial charge in [0.1, 0.15) is 22.8 Å². The van der Waals surface area contributed by atoms with Crippen LogP contribution < -0.4 is 9.47 Å². The molecular formula is C17H16O5. The molecule has 0 saturated heterocycles. The van der Waals surface area contributed by atoms with Gasteiger partial charge in [0.2, 0.25) is 0 Å². The van der Waals surface area contributed by atoms with Crippen molar-refractivity contribution in [1.29, 1.82) is 0 Å². The predicted molar refractivity (Wildman–Crippen MR) is 83.5 cm³/mol. The first kappa shape index (κ1) is 15.4. The number of benzene rings is 2. The maximum Gasteiger partial charge on any atom is 0.339 e. The van der Waals surface area contributed by atoms with Gasteiger partial charge in [-0.3, -0.25) is 0 Å². The molecule has 0 aliphatic carbocycles. The second-order valence-corrected chi connectivity index (χ2v) is 4.52. The Hall–Kier alpha value is -2.95. The number of ether oxygens (including phenoxy) is 2. The lowest BCUT2D eigenvalue weighted by Crippen LogP contribution is -1.96. The third-order valence-electron chi connectivity index (χ3n) is 3.14. The van der Waals surface area contributed by atoms with Crippen molar-refractivity contribution in [2.24, 2.45) is 0 Å². The Bertz CT molecular complexity index is 719. The monoisotopic (exact) mass is 300 g/mol. The summed E-state index contributed by atoms with van der Waals surface area (Å²) in [5.74, 6) is -0.0676. The van der Waals surface area contributed by atoms with Crippen LogP contribution in [-0.4, -0.2) is 30.4 Å². The Morgan fingerprint density at radius 3 is 2.45 bits per heavy atom. The highest BCUT2D eigenvalue weighted by atomic mass is 16.5. The van der Waals surface area contributed by atoms with E-state index in [0.29, 0.717) is 17.1 Å². The fraction of sp³-hybridized carbons (Fsp3) is 0.118. The van der Waals surface area contributed by atoms with E-state index in [1.165, 1.54) is 12.1 Å². The van der Waals surface area contributed by atoms with Crippen LogP contribution in [0, 0.1) is 0 Å². The molecule has 5 nitrogen and oxygen atoms in total. The molecule has 0 aliphatic rings. The number of carboxylic acids is 1. The number of aromatic carboxylic acids is 1. The van der Waals surface area contributed by atoms with Gasteiger partial charge in [0.15, 0.2) is 0 Å². The van der Waals surface area contributed by atoms with E-state index in [2.05, 4.69) is 0 Å². The Morgan fingerprint density at radius 2 is 1.82 bits per heavy atom. The van der Waals surface area contributed by atoms with Crippen LogP contribution in [0.25, 0.3) is 12.2 Å². The van der Waals surface area contributed by atoms with Crippen LogP contribution >= 0.6 is 0 Å². The summed E-state index contributed by atoms with van der Waals surface area (Å²) in [7, 11) is 3.15. The summed E-state index contributed by atoms with van der Waals surface area (Å²) in [5, 5.41) is 18.5. The van der Waals surface area contributed by atoms with Crippen molar-refractivity contribution in [3.63, 3.8) is 0 Å². The summed E-state index contributed by atoms with van der Waals surface area (Å²) in [6.07, 6.45) is 3.53. The molecule has 0 unspecified atom stereocenters. The molecule has 2 aromatic carbocycles. The molecule has 5 heteroatoms. The Morgan fingerprint density at radius 1 is 1.05 bits per heavy atom. The zero-order valence-electron chi connectivity index (χ0n) is 12.2. The van der Waals surface area contributed by atoms with Gasteiger partial charge in [0.25, 0.3) is 0 Å². The van der Waals surface area contributed by atoms with Crippen molar-refractivity contribution < 1.29 is 24.5 Å². The summed E-state index contributed by atoms with van der Waals surface area (Å²) in [5.41, 5.74) is 1.31. The zero-order valence-corrected chi connectivity index (χ0v) is 12.2. The third-order valence-corrected chi connectivity index (χ3v) is 3.14. The van der Waals surface area contributed by atoms with E-state index in [0.717, 1.165) is 5.56 Å². The van der Waals surface area contributed by atoms with E-state index < -0.39 is 5.97 Å². The van der Waals surface area contributed by atoms with Crippen molar-refractivity contribution in [2.75, 3.05) is 14.2 Å². The SMILES string of the molecule is COc1ccc(OC)c(/C=C/c2ccc(O)c(C(=O)O)c2)c1. The van der Waals surface area contributed by atoms with E-state index in [1.807, 2.05) is 6.07 Å². The molecule has 0 amide bonds. The molecule has 0 fully saturated rings. The van der Waals surface area contributed by atoms with Crippen LogP contribution in [0.1, 0.15) is 21.5 Å². The molecule has 0 spiro atoms. The summed E-state index contributed by atoms with van der Waals surface area (Å²) < 4.78 is 10.4. The van der Waals surface area contributed by atoms with Crippen LogP contribution in [0.15, 0.2) is 36.4 Å². The van der Waals surface area contributed by atoms with Crippen molar-refractivity contribution in [1.82, 2.24) is 0 Å². The van der Waals surface area contributed by atoms with Crippen molar-refractivity contribution in [3.8, 4) is 17.2 Å². The van der Waals surface area contributed by atoms with Gasteiger partial charge in [-0.25, -0.2) is 4.79 Å². The molecule has 0 bridgehead atoms. The highest BCUT2D eigenvalue weighted by Gasteiger charge is 2.09. The molecule has 114 valence electrons. The molecule has 0 aliphatic heterocycles. The minimum Gasteiger partial charge on any atom is -0.507 e. The average molecular weight is 300 g/mol. The second kappa shape index (κ2) is 6.67. The highest BCUT2D eigenvalue weighted by molar-refractivity contribution is 5.92. The normalized spacial score (nSPS) is 10.6. The molecule has 0 aromatic heterocycles. The maximum absolute atomic E-state index is 11.0. The smallest absolute Gasteiger partial charge is 0.339 e. The van der Waals surface area contributed by atoms with Crippen LogP contribution in [0.4, 0.5) is 0 Å². The fourth-order valence-corrected chi connectivity index (χ4v) is 1.98. The average Bonchev–Trinajstić information content (AvgIpc) is 2.53. The van der Waals surface area contributed by atoms with Crippen molar-refractivity contribution >= 4 is 18.1 Å². The number of carboxylic acid groups (broad SMARTS) is 1. The van der Waals surface area contributed by atoms with E-state index in [4.69, 9.17) is 14.6 Å². The van der Waals surface area contributed by atoms with E-state index in [9.17, 15) is 9.90 Å². The Balaban J connectivity index is 2.36. The summed E-state index contributed by atoms with van der Waals surface area (Å²) in [6.45, 7) is 0. The Labute approximate surface area is 128 Å². The highest BCUT2D eigenvalue weighted by Crippen LogP contribution is 2.26. The molecular weight excluding hydrogens is 284 g/mol. The number of methoxy groups -OCH3 is 2. The lowest BCUT2D eigenvalue weighted by atomic mass is 10.1. The van der Waals surface area contributed by atoms with Gasteiger partial charge in [0, 0.05) is 5.56 Å². The number of aromatic hydroxyl groups is 1. The van der Waals surface area contributed by atoms with E-state index in [-0.39, 0.29) is 11.3 Å². The van der Waals surface area contributed by atoms with Crippen LogP contribution in [0.2, 0.25) is 0 Å². The molecule has 0 atom stereocenters. The number of rotatable bonds is 5. The van der Waals surface area contributed by atoms with Gasteiger partial charge in [-0.2, -0.15) is 0 Å². The first-order valence-electron chi connectivity index (χ1n) is 6.51. The van der Waals surface area contributed by atoms with Gasteiger partial charge in [-0.1, -0.05) is 18.2 Å². The maximum atomic E-state index is 11.0. The lowest BCUT2D eigenvalue weighted by Gasteiger charge is -2.07. The number of hydrogen-bond acceptors (Lipinski definition) is 4. The molecule has 2 aromatic rings. The van der Waals surface area contributed by atoms with Crippen molar-refractivity contribution in [2.45, 2.75) is 0 Å². The molecule has 22 heavy (non-hydrogen) atoms. The molecule has 2 N–H and O–H groups in total. The van der Waals surface area contributed by atoms with Crippen molar-refractivity contribution in [3.05, 3.63) is 53.1 Å². The Kier molecular flexibility index (Phi) is 4.68. The minimum atomic E-state index is -1.17. The largest absolute Gasteiger partial charge is 0.507 e. The van der Waals surface area contributed by atoms with Gasteiger partial charge >= 0.3 is 5.97 Å². The standard InChI is InChI=1S/C17H16O5/c1-21-13-6-8-16(22-2)12(10-13)5-3-11-4-7-15(18)14(9-11)17(19)20/h3-10,18H,1-2H3,(H,19,20)/b5-3+. The molecule has 0 saturated carbocycles. The van der Waals surface area contributed by atoms with Gasteiger partial charge in [-0.05, 0) is 35.9 Å². The summed E-state index contributed by atoms with van der Waals surface area (Å²) in [6, 6.07) is 9.78.